The Bertz CT molecular complexity index is 1720. The first kappa shape index (κ1) is 30.7. The average Bonchev–Trinajstić information content (AvgIpc) is 3.06. The molecule has 2 aliphatic carbocycles. The summed E-state index contributed by atoms with van der Waals surface area (Å²) in [6, 6.07) is 36.7. The van der Waals surface area contributed by atoms with Crippen LogP contribution in [0.15, 0.2) is 138 Å². The normalized spacial score (nSPS) is 19.2. The molecule has 0 fully saturated rings. The second-order valence-corrected chi connectivity index (χ2v) is 17.2. The van der Waals surface area contributed by atoms with E-state index < -0.39 is 15.8 Å². The van der Waals surface area contributed by atoms with Gasteiger partial charge in [-0.2, -0.15) is 0 Å². The third-order valence-electron chi connectivity index (χ3n) is 9.81. The molecule has 0 spiro atoms. The maximum absolute atomic E-state index is 2.58. The van der Waals surface area contributed by atoms with Crippen molar-refractivity contribution < 1.29 is 0 Å². The van der Waals surface area contributed by atoms with Gasteiger partial charge in [-0.15, -0.1) is 0 Å². The van der Waals surface area contributed by atoms with Crippen molar-refractivity contribution >= 4 is 42.6 Å². The number of rotatable bonds is 7. The zero-order valence-corrected chi connectivity index (χ0v) is 28.8. The molecule has 2 unspecified atom stereocenters. The van der Waals surface area contributed by atoms with Crippen molar-refractivity contribution in [3.8, 4) is 0 Å². The van der Waals surface area contributed by atoms with Crippen LogP contribution in [-0.2, 0) is 0 Å². The molecule has 0 nitrogen and oxygen atoms in total. The summed E-state index contributed by atoms with van der Waals surface area (Å²) in [4.78, 5) is 0. The number of hydrogen-bond donors (Lipinski definition) is 0. The monoisotopic (exact) mass is 610 g/mol. The maximum atomic E-state index is 2.58. The fourth-order valence-electron chi connectivity index (χ4n) is 7.03. The first-order valence-electron chi connectivity index (χ1n) is 15.9. The van der Waals surface area contributed by atoms with Crippen LogP contribution in [0.3, 0.4) is 0 Å². The minimum atomic E-state index is -0.644. The first-order valence-corrected chi connectivity index (χ1v) is 18.7. The van der Waals surface area contributed by atoms with E-state index in [1.54, 1.807) is 10.9 Å². The van der Waals surface area contributed by atoms with E-state index in [4.69, 9.17) is 0 Å². The predicted octanol–water partition coefficient (Wildman–Crippen LogP) is 9.94. The van der Waals surface area contributed by atoms with Gasteiger partial charge in [-0.3, -0.25) is 0 Å². The second-order valence-electron chi connectivity index (χ2n) is 12.4. The van der Waals surface area contributed by atoms with E-state index >= 15 is 0 Å². The van der Waals surface area contributed by atoms with Gasteiger partial charge in [-0.1, -0.05) is 127 Å². The Labute approximate surface area is 267 Å². The topological polar surface area (TPSA) is 0 Å². The predicted molar refractivity (Wildman–Crippen MR) is 198 cm³/mol. The van der Waals surface area contributed by atoms with Crippen LogP contribution in [0.25, 0.3) is 5.57 Å². The zero-order valence-electron chi connectivity index (χ0n) is 27.0. The van der Waals surface area contributed by atoms with E-state index in [0.29, 0.717) is 11.3 Å². The van der Waals surface area contributed by atoms with Gasteiger partial charge < -0.3 is 0 Å². The van der Waals surface area contributed by atoms with Crippen LogP contribution in [0.5, 0.6) is 0 Å². The number of aryl methyl sites for hydroxylation is 1. The Balaban J connectivity index is 1.66. The molecule has 6 rings (SSSR count). The lowest BCUT2D eigenvalue weighted by atomic mass is 9.81. The largest absolute Gasteiger partial charge is 0.0836 e. The van der Waals surface area contributed by atoms with Crippen LogP contribution < -0.4 is 21.2 Å². The molecule has 0 saturated heterocycles. The molecular formula is C42H44P2. The summed E-state index contributed by atoms with van der Waals surface area (Å²) in [7, 11) is -1.28. The summed E-state index contributed by atoms with van der Waals surface area (Å²) in [6.07, 6.45) is 11.5. The molecule has 2 aliphatic rings. The number of allylic oxidation sites excluding steroid dienone is 8. The van der Waals surface area contributed by atoms with Gasteiger partial charge in [0.15, 0.2) is 0 Å². The van der Waals surface area contributed by atoms with Crippen molar-refractivity contribution in [1.29, 1.82) is 0 Å². The Morgan fingerprint density at radius 1 is 0.591 bits per heavy atom. The van der Waals surface area contributed by atoms with Crippen molar-refractivity contribution in [3.63, 3.8) is 0 Å². The van der Waals surface area contributed by atoms with Gasteiger partial charge in [0.25, 0.3) is 0 Å². The van der Waals surface area contributed by atoms with E-state index in [2.05, 4.69) is 163 Å². The molecule has 0 N–H and O–H groups in total. The van der Waals surface area contributed by atoms with Crippen LogP contribution in [-0.4, -0.2) is 11.3 Å². The van der Waals surface area contributed by atoms with Gasteiger partial charge in [-0.25, -0.2) is 0 Å². The fourth-order valence-corrected chi connectivity index (χ4v) is 13.0. The lowest BCUT2D eigenvalue weighted by Crippen LogP contribution is -2.31. The standard InChI is InChI=1S/C42H44P2/c1-29-27-39(43(35-19-11-7-12-20-35)36-21-13-8-14-22-36)41(33(5)31(29)3)42-34(6)32(4)30(2)28-40(42)44(37-23-15-9-16-24-37)38-25-17-10-18-26-38/h7-25,28,38-39H,26-27H2,1-6H3/t38?,39-,44?/m1/s1. The Hall–Kier alpha value is -3.30. The smallest absolute Gasteiger partial charge is 0.0168 e. The van der Waals surface area contributed by atoms with E-state index in [1.807, 2.05) is 0 Å². The van der Waals surface area contributed by atoms with Crippen molar-refractivity contribution in [2.45, 2.75) is 65.7 Å². The molecule has 0 amide bonds. The van der Waals surface area contributed by atoms with Gasteiger partial charge in [0.05, 0.1) is 0 Å². The molecule has 0 bridgehead atoms. The molecule has 2 heteroatoms. The fraction of sp³-hybridized carbons (Fsp3) is 0.238. The highest BCUT2D eigenvalue weighted by atomic mass is 31.1. The van der Waals surface area contributed by atoms with Crippen molar-refractivity contribution in [1.82, 2.24) is 0 Å². The summed E-state index contributed by atoms with van der Waals surface area (Å²) >= 11 is 0. The van der Waals surface area contributed by atoms with Crippen LogP contribution >= 0.6 is 15.8 Å². The Morgan fingerprint density at radius 3 is 1.66 bits per heavy atom. The summed E-state index contributed by atoms with van der Waals surface area (Å²) in [6.45, 7) is 14.2. The highest BCUT2D eigenvalue weighted by molar-refractivity contribution is 7.74. The van der Waals surface area contributed by atoms with Crippen LogP contribution in [0.2, 0.25) is 0 Å². The molecule has 0 heterocycles. The lowest BCUT2D eigenvalue weighted by Gasteiger charge is -2.39. The number of benzene rings is 4. The lowest BCUT2D eigenvalue weighted by molar-refractivity contribution is 0.941. The van der Waals surface area contributed by atoms with Crippen LogP contribution in [0.1, 0.15) is 55.9 Å². The van der Waals surface area contributed by atoms with Crippen molar-refractivity contribution in [2.75, 3.05) is 0 Å². The van der Waals surface area contributed by atoms with Crippen molar-refractivity contribution in [2.24, 2.45) is 0 Å². The van der Waals surface area contributed by atoms with Gasteiger partial charge in [0.1, 0.15) is 0 Å². The SMILES string of the molecule is CC1=C(C)C(C)=C(c2c(P(c3ccccc3)C3C=CC=CC3)cc(C)c(C)c2C)[C@H](P(c2ccccc2)c2ccccc2)C1. The third-order valence-corrected chi connectivity index (χ3v) is 15.4. The third kappa shape index (κ3) is 5.88. The minimum Gasteiger partial charge on any atom is -0.0836 e. The van der Waals surface area contributed by atoms with E-state index in [0.717, 1.165) is 12.8 Å². The molecule has 44 heavy (non-hydrogen) atoms. The number of hydrogen-bond acceptors (Lipinski definition) is 0. The highest BCUT2D eigenvalue weighted by Gasteiger charge is 2.37. The summed E-state index contributed by atoms with van der Waals surface area (Å²) in [5.41, 5.74) is 12.8. The molecule has 3 atom stereocenters. The minimum absolute atomic E-state index is 0.396. The molecule has 0 radical (unpaired) electrons. The first-order chi connectivity index (χ1) is 21.4. The van der Waals surface area contributed by atoms with Gasteiger partial charge >= 0.3 is 0 Å². The Kier molecular flexibility index (Phi) is 9.33. The summed E-state index contributed by atoms with van der Waals surface area (Å²) in [5, 5.41) is 5.95. The van der Waals surface area contributed by atoms with Crippen LogP contribution in [0.4, 0.5) is 0 Å². The van der Waals surface area contributed by atoms with Gasteiger partial charge in [0.2, 0.25) is 0 Å². The van der Waals surface area contributed by atoms with Crippen molar-refractivity contribution in [3.05, 3.63) is 160 Å². The summed E-state index contributed by atoms with van der Waals surface area (Å²) in [5.74, 6) is 0. The van der Waals surface area contributed by atoms with Gasteiger partial charge in [0, 0.05) is 11.3 Å². The van der Waals surface area contributed by atoms with Gasteiger partial charge in [-0.05, 0) is 130 Å². The molecule has 0 aromatic heterocycles. The summed E-state index contributed by atoms with van der Waals surface area (Å²) < 4.78 is 0. The molecule has 4 aromatic carbocycles. The molecular weight excluding hydrogens is 566 g/mol. The molecule has 4 aromatic rings. The quantitative estimate of drug-likeness (QED) is 0.183. The van der Waals surface area contributed by atoms with E-state index in [1.165, 1.54) is 54.9 Å². The van der Waals surface area contributed by atoms with E-state index in [-0.39, 0.29) is 0 Å². The molecule has 222 valence electrons. The molecule has 0 saturated carbocycles. The zero-order chi connectivity index (χ0) is 30.8. The molecule has 0 aliphatic heterocycles. The maximum Gasteiger partial charge on any atom is 0.0168 e. The van der Waals surface area contributed by atoms with E-state index in [9.17, 15) is 0 Å². The average molecular weight is 611 g/mol. The highest BCUT2D eigenvalue weighted by Crippen LogP contribution is 2.55. The Morgan fingerprint density at radius 2 is 1.14 bits per heavy atom. The van der Waals surface area contributed by atoms with Crippen LogP contribution in [0, 0.1) is 20.8 Å². The second kappa shape index (κ2) is 13.4.